The van der Waals surface area contributed by atoms with E-state index in [1.54, 1.807) is 31.4 Å². The second kappa shape index (κ2) is 7.91. The lowest BCUT2D eigenvalue weighted by Gasteiger charge is -2.18. The Hall–Kier alpha value is -2.34. The van der Waals surface area contributed by atoms with Gasteiger partial charge in [-0.1, -0.05) is 6.07 Å². The lowest BCUT2D eigenvalue weighted by molar-refractivity contribution is 0.0791. The second-order valence-electron chi connectivity index (χ2n) is 6.28. The van der Waals surface area contributed by atoms with Crippen LogP contribution in [-0.2, 0) is 0 Å². The van der Waals surface area contributed by atoms with Gasteiger partial charge in [0.2, 0.25) is 0 Å². The van der Waals surface area contributed by atoms with E-state index in [4.69, 9.17) is 4.74 Å². The first kappa shape index (κ1) is 18.5. The van der Waals surface area contributed by atoms with E-state index in [0.29, 0.717) is 27.0 Å². The minimum Gasteiger partial charge on any atom is -0.497 e. The number of carbonyl (C=O) groups is 2. The minimum absolute atomic E-state index is 0.0265. The molecule has 0 spiro atoms. The van der Waals surface area contributed by atoms with Gasteiger partial charge in [-0.15, -0.1) is 0 Å². The number of hydrogen-bond donors (Lipinski definition) is 1. The molecule has 3 rings (SSSR count). The lowest BCUT2D eigenvalue weighted by atomic mass is 10.0. The number of ether oxygens (including phenoxy) is 1. The summed E-state index contributed by atoms with van der Waals surface area (Å²) in [6, 6.07) is 10.6. The molecule has 1 N–H and O–H groups in total. The van der Waals surface area contributed by atoms with Crippen LogP contribution in [0, 0.1) is 6.92 Å². The summed E-state index contributed by atoms with van der Waals surface area (Å²) in [5, 5.41) is 2.91. The Kier molecular flexibility index (Phi) is 5.61. The van der Waals surface area contributed by atoms with Crippen LogP contribution in [0.15, 0.2) is 40.9 Å². The molecule has 26 heavy (non-hydrogen) atoms. The van der Waals surface area contributed by atoms with Crippen molar-refractivity contribution in [3.05, 3.63) is 57.6 Å². The Morgan fingerprint density at radius 3 is 2.54 bits per heavy atom. The predicted molar refractivity (Wildman–Crippen MR) is 105 cm³/mol. The van der Waals surface area contributed by atoms with Gasteiger partial charge >= 0.3 is 0 Å². The summed E-state index contributed by atoms with van der Waals surface area (Å²) >= 11 is 3.40. The molecule has 1 fully saturated rings. The molecule has 2 aromatic carbocycles. The van der Waals surface area contributed by atoms with Crippen molar-refractivity contribution < 1.29 is 14.3 Å². The lowest BCUT2D eigenvalue weighted by Crippen LogP contribution is -2.28. The maximum absolute atomic E-state index is 12.7. The molecular formula is C20H21BrN2O3. The van der Waals surface area contributed by atoms with Crippen LogP contribution in [0.1, 0.15) is 39.1 Å². The molecule has 0 saturated carbocycles. The highest BCUT2D eigenvalue weighted by Crippen LogP contribution is 2.26. The zero-order valence-electron chi connectivity index (χ0n) is 14.8. The van der Waals surface area contributed by atoms with Crippen LogP contribution < -0.4 is 10.1 Å². The van der Waals surface area contributed by atoms with Crippen molar-refractivity contribution in [3.63, 3.8) is 0 Å². The third-order valence-corrected chi connectivity index (χ3v) is 5.32. The van der Waals surface area contributed by atoms with Gasteiger partial charge in [0.25, 0.3) is 11.8 Å². The summed E-state index contributed by atoms with van der Waals surface area (Å²) in [6.45, 7) is 3.46. The Bertz CT molecular complexity index is 845. The molecule has 0 bridgehead atoms. The van der Waals surface area contributed by atoms with Gasteiger partial charge in [-0.3, -0.25) is 9.59 Å². The van der Waals surface area contributed by atoms with Gasteiger partial charge in [0.1, 0.15) is 5.75 Å². The van der Waals surface area contributed by atoms with Gasteiger partial charge in [0.15, 0.2) is 0 Å². The molecule has 1 aliphatic rings. The van der Waals surface area contributed by atoms with Gasteiger partial charge in [-0.25, -0.2) is 0 Å². The van der Waals surface area contributed by atoms with Crippen molar-refractivity contribution in [2.24, 2.45) is 0 Å². The third kappa shape index (κ3) is 3.75. The number of halogens is 1. The van der Waals surface area contributed by atoms with Crippen LogP contribution >= 0.6 is 15.9 Å². The van der Waals surface area contributed by atoms with E-state index in [-0.39, 0.29) is 11.8 Å². The molecule has 0 aliphatic carbocycles. The van der Waals surface area contributed by atoms with Crippen LogP contribution in [0.25, 0.3) is 0 Å². The van der Waals surface area contributed by atoms with Crippen LogP contribution in [-0.4, -0.2) is 36.9 Å². The first-order valence-corrected chi connectivity index (χ1v) is 9.34. The molecular weight excluding hydrogens is 396 g/mol. The first-order chi connectivity index (χ1) is 12.5. The van der Waals surface area contributed by atoms with Crippen molar-refractivity contribution in [2.75, 3.05) is 25.5 Å². The van der Waals surface area contributed by atoms with E-state index in [9.17, 15) is 9.59 Å². The van der Waals surface area contributed by atoms with E-state index in [1.165, 1.54) is 0 Å². The number of benzene rings is 2. The molecule has 1 aliphatic heterocycles. The first-order valence-electron chi connectivity index (χ1n) is 8.55. The zero-order chi connectivity index (χ0) is 18.7. The standard InChI is InChI=1S/C20H21BrN2O3/c1-13-15(20(25)23-10-3-4-11-23)6-5-7-18(13)22-19(24)16-12-14(26-2)8-9-17(16)21/h5-9,12H,3-4,10-11H2,1-2H3,(H,22,24). The fourth-order valence-electron chi connectivity index (χ4n) is 3.09. The van der Waals surface area contributed by atoms with Crippen molar-refractivity contribution >= 4 is 33.4 Å². The normalized spacial score (nSPS) is 13.6. The Balaban J connectivity index is 1.85. The number of amides is 2. The highest BCUT2D eigenvalue weighted by Gasteiger charge is 2.22. The molecule has 1 heterocycles. The number of nitrogens with one attached hydrogen (secondary N) is 1. The number of likely N-dealkylation sites (tertiary alicyclic amines) is 1. The van der Waals surface area contributed by atoms with Crippen molar-refractivity contribution in [2.45, 2.75) is 19.8 Å². The van der Waals surface area contributed by atoms with Gasteiger partial charge in [-0.05, 0) is 71.6 Å². The topological polar surface area (TPSA) is 58.6 Å². The van der Waals surface area contributed by atoms with Crippen LogP contribution in [0.4, 0.5) is 5.69 Å². The summed E-state index contributed by atoms with van der Waals surface area (Å²) in [6.07, 6.45) is 2.09. The molecule has 0 aromatic heterocycles. The summed E-state index contributed by atoms with van der Waals surface area (Å²) in [5.74, 6) is 0.372. The van der Waals surface area contributed by atoms with Crippen molar-refractivity contribution in [3.8, 4) is 5.75 Å². The number of rotatable bonds is 4. The van der Waals surface area contributed by atoms with Gasteiger partial charge in [0.05, 0.1) is 12.7 Å². The van der Waals surface area contributed by atoms with Crippen molar-refractivity contribution in [1.29, 1.82) is 0 Å². The van der Waals surface area contributed by atoms with E-state index in [1.807, 2.05) is 24.0 Å². The Morgan fingerprint density at radius 2 is 1.85 bits per heavy atom. The maximum atomic E-state index is 12.7. The molecule has 5 nitrogen and oxygen atoms in total. The molecule has 1 saturated heterocycles. The van der Waals surface area contributed by atoms with E-state index < -0.39 is 0 Å². The van der Waals surface area contributed by atoms with Gasteiger partial charge in [-0.2, -0.15) is 0 Å². The fourth-order valence-corrected chi connectivity index (χ4v) is 3.52. The third-order valence-electron chi connectivity index (χ3n) is 4.62. The quantitative estimate of drug-likeness (QED) is 0.809. The Labute approximate surface area is 161 Å². The summed E-state index contributed by atoms with van der Waals surface area (Å²) < 4.78 is 5.87. The number of anilines is 1. The molecule has 2 amide bonds. The number of hydrogen-bond acceptors (Lipinski definition) is 3. The maximum Gasteiger partial charge on any atom is 0.256 e. The number of carbonyl (C=O) groups excluding carboxylic acids is 2. The molecule has 6 heteroatoms. The van der Waals surface area contributed by atoms with Crippen LogP contribution in [0.2, 0.25) is 0 Å². The minimum atomic E-state index is -0.260. The van der Waals surface area contributed by atoms with Gasteiger partial charge in [0, 0.05) is 28.8 Å². The van der Waals surface area contributed by atoms with Gasteiger partial charge < -0.3 is 15.0 Å². The molecule has 0 atom stereocenters. The smallest absolute Gasteiger partial charge is 0.256 e. The summed E-state index contributed by atoms with van der Waals surface area (Å²) in [7, 11) is 1.56. The van der Waals surface area contributed by atoms with E-state index >= 15 is 0 Å². The van der Waals surface area contributed by atoms with Crippen LogP contribution in [0.5, 0.6) is 5.75 Å². The molecule has 0 unspecified atom stereocenters. The molecule has 0 radical (unpaired) electrons. The highest BCUT2D eigenvalue weighted by molar-refractivity contribution is 9.10. The fraction of sp³-hybridized carbons (Fsp3) is 0.300. The largest absolute Gasteiger partial charge is 0.497 e. The monoisotopic (exact) mass is 416 g/mol. The second-order valence-corrected chi connectivity index (χ2v) is 7.13. The number of nitrogens with zero attached hydrogens (tertiary/aromatic N) is 1. The molecule has 136 valence electrons. The average Bonchev–Trinajstić information content (AvgIpc) is 3.18. The molecule has 2 aromatic rings. The Morgan fingerprint density at radius 1 is 1.12 bits per heavy atom. The SMILES string of the molecule is COc1ccc(Br)c(C(=O)Nc2cccc(C(=O)N3CCCC3)c2C)c1. The number of methoxy groups -OCH3 is 1. The van der Waals surface area contributed by atoms with Crippen molar-refractivity contribution in [1.82, 2.24) is 4.90 Å². The predicted octanol–water partition coefficient (Wildman–Crippen LogP) is 4.25. The summed E-state index contributed by atoms with van der Waals surface area (Å²) in [5.41, 5.74) is 2.51. The summed E-state index contributed by atoms with van der Waals surface area (Å²) in [4.78, 5) is 27.3. The van der Waals surface area contributed by atoms with E-state index in [2.05, 4.69) is 21.2 Å². The van der Waals surface area contributed by atoms with Crippen LogP contribution in [0.3, 0.4) is 0 Å². The van der Waals surface area contributed by atoms with E-state index in [0.717, 1.165) is 31.5 Å². The highest BCUT2D eigenvalue weighted by atomic mass is 79.9. The average molecular weight is 417 g/mol. The zero-order valence-corrected chi connectivity index (χ0v) is 16.4.